The average molecular weight is 267 g/mol. The molecular weight excluding hydrogens is 248 g/mol. The van der Waals surface area contributed by atoms with E-state index in [2.05, 4.69) is 11.0 Å². The predicted octanol–water partition coefficient (Wildman–Crippen LogP) is 1.77. The van der Waals surface area contributed by atoms with E-state index in [4.69, 9.17) is 0 Å². The fraction of sp³-hybridized carbons (Fsp3) is 0.357. The molecule has 0 radical (unpaired) electrons. The van der Waals surface area contributed by atoms with Crippen LogP contribution >= 0.6 is 0 Å². The van der Waals surface area contributed by atoms with Crippen LogP contribution in [0.3, 0.4) is 0 Å². The summed E-state index contributed by atoms with van der Waals surface area (Å²) in [7, 11) is 1.18. The summed E-state index contributed by atoms with van der Waals surface area (Å²) in [6.07, 6.45) is 4.66. The van der Waals surface area contributed by atoms with Crippen molar-refractivity contribution in [1.82, 2.24) is 0 Å². The van der Waals surface area contributed by atoms with Crippen molar-refractivity contribution in [2.45, 2.75) is 23.2 Å². The highest BCUT2D eigenvalue weighted by Crippen LogP contribution is 2.19. The molecule has 0 aliphatic rings. The Hall–Kier alpha value is -1.26. The summed E-state index contributed by atoms with van der Waals surface area (Å²) in [5.41, 5.74) is 0. The molecule has 0 saturated carbocycles. The fourth-order valence-electron chi connectivity index (χ4n) is 1.61. The van der Waals surface area contributed by atoms with Gasteiger partial charge in [-0.3, -0.25) is 0 Å². The number of benzene rings is 1. The van der Waals surface area contributed by atoms with E-state index in [1.165, 1.54) is 13.2 Å². The second kappa shape index (κ2) is 7.24. The first-order chi connectivity index (χ1) is 8.56. The standard InChI is InChI=1S/C14H19O3S/c1-11(15)13(9-10-14(16)17-2)18(3)12-7-5-4-6-8-12/h4-11,13,15H,1-3H3/q+1/b10-9+/t11-,13+,18?/m0/s1. The zero-order chi connectivity index (χ0) is 13.5. The Morgan fingerprint density at radius 2 is 2.00 bits per heavy atom. The van der Waals surface area contributed by atoms with Gasteiger partial charge >= 0.3 is 5.97 Å². The van der Waals surface area contributed by atoms with E-state index in [-0.39, 0.29) is 16.1 Å². The number of aliphatic hydroxyl groups excluding tert-OH is 1. The molecule has 1 rings (SSSR count). The fourth-order valence-corrected chi connectivity index (χ4v) is 3.41. The predicted molar refractivity (Wildman–Crippen MR) is 74.6 cm³/mol. The maximum atomic E-state index is 11.1. The topological polar surface area (TPSA) is 46.5 Å². The van der Waals surface area contributed by atoms with Crippen LogP contribution in [-0.4, -0.2) is 35.8 Å². The molecule has 1 aromatic rings. The highest BCUT2D eigenvalue weighted by Gasteiger charge is 2.30. The Kier molecular flexibility index (Phi) is 5.95. The van der Waals surface area contributed by atoms with E-state index >= 15 is 0 Å². The van der Waals surface area contributed by atoms with Gasteiger partial charge in [0.25, 0.3) is 0 Å². The van der Waals surface area contributed by atoms with Crippen LogP contribution in [-0.2, 0) is 20.4 Å². The molecule has 0 saturated heterocycles. The second-order valence-electron chi connectivity index (χ2n) is 3.96. The minimum absolute atomic E-state index is 0.0912. The summed E-state index contributed by atoms with van der Waals surface area (Å²) in [6.45, 7) is 1.73. The van der Waals surface area contributed by atoms with Crippen molar-refractivity contribution < 1.29 is 14.6 Å². The van der Waals surface area contributed by atoms with Gasteiger partial charge in [0, 0.05) is 17.0 Å². The summed E-state index contributed by atoms with van der Waals surface area (Å²) in [5.74, 6) is -0.397. The number of carbonyl (C=O) groups excluding carboxylic acids is 1. The van der Waals surface area contributed by atoms with Gasteiger partial charge in [0.2, 0.25) is 0 Å². The second-order valence-corrected chi connectivity index (χ2v) is 6.09. The summed E-state index contributed by atoms with van der Waals surface area (Å²) in [6, 6.07) is 9.97. The molecule has 3 nitrogen and oxygen atoms in total. The van der Waals surface area contributed by atoms with Gasteiger partial charge in [0.05, 0.1) is 7.11 Å². The summed E-state index contributed by atoms with van der Waals surface area (Å²) in [5, 5.41) is 9.74. The lowest BCUT2D eigenvalue weighted by atomic mass is 10.2. The van der Waals surface area contributed by atoms with Crippen LogP contribution in [0, 0.1) is 0 Å². The SMILES string of the molecule is COC(=O)/C=C/[C@H]([C@H](C)O)[S+](C)c1ccccc1. The minimum atomic E-state index is -0.514. The lowest BCUT2D eigenvalue weighted by Crippen LogP contribution is -2.30. The minimum Gasteiger partial charge on any atom is -0.466 e. The smallest absolute Gasteiger partial charge is 0.330 e. The van der Waals surface area contributed by atoms with E-state index in [0.29, 0.717) is 0 Å². The molecule has 4 heteroatoms. The monoisotopic (exact) mass is 267 g/mol. The molecular formula is C14H19O3S+. The molecule has 0 heterocycles. The first kappa shape index (κ1) is 14.8. The molecule has 0 bridgehead atoms. The van der Waals surface area contributed by atoms with Gasteiger partial charge in [-0.1, -0.05) is 18.2 Å². The number of methoxy groups -OCH3 is 1. The highest BCUT2D eigenvalue weighted by atomic mass is 32.2. The third-order valence-electron chi connectivity index (χ3n) is 2.62. The number of aliphatic hydroxyl groups is 1. The molecule has 3 atom stereocenters. The summed E-state index contributed by atoms with van der Waals surface area (Å²) < 4.78 is 4.56. The van der Waals surface area contributed by atoms with Crippen molar-refractivity contribution in [2.24, 2.45) is 0 Å². The van der Waals surface area contributed by atoms with Gasteiger partial charge in [-0.15, -0.1) is 0 Å². The van der Waals surface area contributed by atoms with E-state index < -0.39 is 12.1 Å². The third-order valence-corrected chi connectivity index (χ3v) is 5.01. The quantitative estimate of drug-likeness (QED) is 0.502. The van der Waals surface area contributed by atoms with E-state index in [1.807, 2.05) is 30.3 Å². The van der Waals surface area contributed by atoms with Crippen molar-refractivity contribution in [2.75, 3.05) is 13.4 Å². The lowest BCUT2D eigenvalue weighted by molar-refractivity contribution is -0.134. The maximum Gasteiger partial charge on any atom is 0.330 e. The zero-order valence-electron chi connectivity index (χ0n) is 10.9. The Morgan fingerprint density at radius 3 is 2.50 bits per heavy atom. The van der Waals surface area contributed by atoms with Crippen molar-refractivity contribution in [3.05, 3.63) is 42.5 Å². The van der Waals surface area contributed by atoms with Gasteiger partial charge in [-0.25, -0.2) is 4.79 Å². The van der Waals surface area contributed by atoms with Gasteiger partial charge < -0.3 is 9.84 Å². The molecule has 18 heavy (non-hydrogen) atoms. The molecule has 1 aromatic carbocycles. The molecule has 0 aliphatic carbocycles. The van der Waals surface area contributed by atoms with Crippen molar-refractivity contribution in [1.29, 1.82) is 0 Å². The van der Waals surface area contributed by atoms with Gasteiger partial charge in [-0.05, 0) is 25.1 Å². The normalized spacial score (nSPS) is 16.2. The van der Waals surface area contributed by atoms with Crippen LogP contribution in [0.5, 0.6) is 0 Å². The molecule has 0 spiro atoms. The Balaban J connectivity index is 2.86. The average Bonchev–Trinajstić information content (AvgIpc) is 2.39. The summed E-state index contributed by atoms with van der Waals surface area (Å²) >= 11 is 0. The van der Waals surface area contributed by atoms with Gasteiger partial charge in [0.15, 0.2) is 10.1 Å². The Labute approximate surface area is 111 Å². The summed E-state index contributed by atoms with van der Waals surface area (Å²) in [4.78, 5) is 12.3. The van der Waals surface area contributed by atoms with Crippen LogP contribution < -0.4 is 0 Å². The van der Waals surface area contributed by atoms with Crippen molar-refractivity contribution >= 4 is 16.9 Å². The first-order valence-corrected chi connectivity index (χ1v) is 7.40. The van der Waals surface area contributed by atoms with Crippen LogP contribution in [0.4, 0.5) is 0 Å². The molecule has 0 aromatic heterocycles. The van der Waals surface area contributed by atoms with E-state index in [1.54, 1.807) is 13.0 Å². The lowest BCUT2D eigenvalue weighted by Gasteiger charge is -2.15. The van der Waals surface area contributed by atoms with E-state index in [9.17, 15) is 9.90 Å². The van der Waals surface area contributed by atoms with Crippen LogP contribution in [0.1, 0.15) is 6.92 Å². The molecule has 1 unspecified atom stereocenters. The van der Waals surface area contributed by atoms with Gasteiger partial charge in [-0.2, -0.15) is 0 Å². The number of ether oxygens (including phenoxy) is 1. The molecule has 1 N–H and O–H groups in total. The maximum absolute atomic E-state index is 11.1. The number of carbonyl (C=O) groups is 1. The first-order valence-electron chi connectivity index (χ1n) is 5.70. The van der Waals surface area contributed by atoms with Gasteiger partial charge in [0.1, 0.15) is 12.4 Å². The van der Waals surface area contributed by atoms with Crippen molar-refractivity contribution in [3.8, 4) is 0 Å². The van der Waals surface area contributed by atoms with Crippen LogP contribution in [0.2, 0.25) is 0 Å². The van der Waals surface area contributed by atoms with Crippen molar-refractivity contribution in [3.63, 3.8) is 0 Å². The number of hydrogen-bond donors (Lipinski definition) is 1. The molecule has 98 valence electrons. The zero-order valence-corrected chi connectivity index (χ0v) is 11.7. The largest absolute Gasteiger partial charge is 0.466 e. The Bertz CT molecular complexity index is 401. The molecule has 0 fully saturated rings. The number of rotatable bonds is 5. The van der Waals surface area contributed by atoms with Crippen LogP contribution in [0.15, 0.2) is 47.4 Å². The number of esters is 1. The highest BCUT2D eigenvalue weighted by molar-refractivity contribution is 7.97. The third kappa shape index (κ3) is 4.20. The molecule has 0 aliphatic heterocycles. The number of hydrogen-bond acceptors (Lipinski definition) is 3. The molecule has 0 amide bonds. The van der Waals surface area contributed by atoms with Crippen LogP contribution in [0.25, 0.3) is 0 Å². The Morgan fingerprint density at radius 1 is 1.39 bits per heavy atom. The van der Waals surface area contributed by atoms with E-state index in [0.717, 1.165) is 4.90 Å².